The lowest BCUT2D eigenvalue weighted by Gasteiger charge is -2.46. The van der Waals surface area contributed by atoms with Crippen LogP contribution < -0.4 is 9.80 Å². The molecule has 0 aliphatic carbocycles. The molecule has 1 amide bonds. The fraction of sp³-hybridized carbons (Fsp3) is 0.500. The highest BCUT2D eigenvalue weighted by Crippen LogP contribution is 2.34. The quantitative estimate of drug-likeness (QED) is 0.818. The first-order valence-electron chi connectivity index (χ1n) is 8.66. The molecule has 0 bridgehead atoms. The van der Waals surface area contributed by atoms with Crippen LogP contribution in [-0.2, 0) is 11.8 Å². The van der Waals surface area contributed by atoms with Crippen molar-refractivity contribution in [2.45, 2.75) is 18.9 Å². The number of carbonyl (C=O) groups excluding carboxylic acids is 1. The highest BCUT2D eigenvalue weighted by molar-refractivity contribution is 5.95. The lowest BCUT2D eigenvalue weighted by Crippen LogP contribution is -2.64. The Kier molecular flexibility index (Phi) is 3.76. The van der Waals surface area contributed by atoms with Gasteiger partial charge in [0.05, 0.1) is 24.0 Å². The van der Waals surface area contributed by atoms with Crippen LogP contribution >= 0.6 is 0 Å². The van der Waals surface area contributed by atoms with Gasteiger partial charge in [-0.2, -0.15) is 5.10 Å². The zero-order valence-electron chi connectivity index (χ0n) is 15.0. The second kappa shape index (κ2) is 5.84. The summed E-state index contributed by atoms with van der Waals surface area (Å²) in [5.74, 6) is 1.16. The summed E-state index contributed by atoms with van der Waals surface area (Å²) in [5.41, 5.74) is 1.87. The zero-order chi connectivity index (χ0) is 17.6. The second-order valence-corrected chi connectivity index (χ2v) is 7.24. The Morgan fingerprint density at radius 1 is 1.20 bits per heavy atom. The average Bonchev–Trinajstić information content (AvgIpc) is 3.19. The molecule has 2 aromatic heterocycles. The maximum atomic E-state index is 12.6. The number of rotatable bonds is 2. The third-order valence-electron chi connectivity index (χ3n) is 5.47. The van der Waals surface area contributed by atoms with Gasteiger partial charge in [-0.25, -0.2) is 4.98 Å². The number of aromatic nitrogens is 3. The molecule has 1 atom stereocenters. The van der Waals surface area contributed by atoms with E-state index in [4.69, 9.17) is 0 Å². The lowest BCUT2D eigenvalue weighted by atomic mass is 9.93. The maximum absolute atomic E-state index is 12.6. The molecule has 0 unspecified atom stereocenters. The van der Waals surface area contributed by atoms with Crippen molar-refractivity contribution in [3.63, 3.8) is 0 Å². The summed E-state index contributed by atoms with van der Waals surface area (Å²) in [5, 5.41) is 4.22. The minimum Gasteiger partial charge on any atom is -0.355 e. The molecule has 25 heavy (non-hydrogen) atoms. The number of hydrogen-bond donors (Lipinski definition) is 0. The number of amides is 1. The Balaban J connectivity index is 1.59. The van der Waals surface area contributed by atoms with Crippen molar-refractivity contribution >= 4 is 17.4 Å². The number of carbonyl (C=O) groups is 1. The molecule has 2 aromatic rings. The molecule has 0 saturated carbocycles. The van der Waals surface area contributed by atoms with Crippen molar-refractivity contribution < 1.29 is 4.79 Å². The van der Waals surface area contributed by atoms with E-state index in [1.165, 1.54) is 0 Å². The Morgan fingerprint density at radius 2 is 2.04 bits per heavy atom. The minimum atomic E-state index is -0.0465. The van der Waals surface area contributed by atoms with Crippen molar-refractivity contribution in [1.29, 1.82) is 0 Å². The van der Waals surface area contributed by atoms with Gasteiger partial charge in [-0.1, -0.05) is 6.07 Å². The van der Waals surface area contributed by atoms with Crippen LogP contribution in [0.2, 0.25) is 0 Å². The van der Waals surface area contributed by atoms with Gasteiger partial charge in [0.15, 0.2) is 0 Å². The number of nitrogens with zero attached hydrogens (tertiary/aromatic N) is 6. The Morgan fingerprint density at radius 3 is 2.76 bits per heavy atom. The molecule has 7 heteroatoms. The summed E-state index contributed by atoms with van der Waals surface area (Å²) >= 11 is 0. The molecule has 0 aromatic carbocycles. The predicted octanol–water partition coefficient (Wildman–Crippen LogP) is 1.05. The van der Waals surface area contributed by atoms with Gasteiger partial charge in [0.2, 0.25) is 5.91 Å². The van der Waals surface area contributed by atoms with Crippen LogP contribution in [0.25, 0.3) is 0 Å². The van der Waals surface area contributed by atoms with Crippen LogP contribution in [0.15, 0.2) is 30.6 Å². The van der Waals surface area contributed by atoms with Gasteiger partial charge < -0.3 is 9.80 Å². The molecule has 0 radical (unpaired) electrons. The molecule has 132 valence electrons. The first kappa shape index (κ1) is 16.1. The van der Waals surface area contributed by atoms with E-state index >= 15 is 0 Å². The highest BCUT2D eigenvalue weighted by Gasteiger charge is 2.48. The smallest absolute Gasteiger partial charge is 0.241 e. The average molecular weight is 340 g/mol. The van der Waals surface area contributed by atoms with E-state index in [9.17, 15) is 4.79 Å². The number of aryl methyl sites for hydroxylation is 2. The Labute approximate surface area is 147 Å². The van der Waals surface area contributed by atoms with Crippen LogP contribution in [0.3, 0.4) is 0 Å². The molecule has 2 saturated heterocycles. The summed E-state index contributed by atoms with van der Waals surface area (Å²) in [7, 11) is 3.94. The van der Waals surface area contributed by atoms with Crippen LogP contribution in [-0.4, -0.2) is 64.3 Å². The lowest BCUT2D eigenvalue weighted by molar-refractivity contribution is -0.123. The van der Waals surface area contributed by atoms with Crippen LogP contribution in [0.5, 0.6) is 0 Å². The number of pyridine rings is 1. The van der Waals surface area contributed by atoms with Crippen molar-refractivity contribution in [1.82, 2.24) is 19.7 Å². The van der Waals surface area contributed by atoms with Gasteiger partial charge in [-0.05, 0) is 32.5 Å². The first-order chi connectivity index (χ1) is 12.0. The van der Waals surface area contributed by atoms with Crippen molar-refractivity contribution in [2.24, 2.45) is 7.05 Å². The largest absolute Gasteiger partial charge is 0.355 e. The molecule has 2 fully saturated rings. The van der Waals surface area contributed by atoms with Crippen molar-refractivity contribution in [2.75, 3.05) is 43.0 Å². The van der Waals surface area contributed by atoms with Gasteiger partial charge in [-0.3, -0.25) is 14.4 Å². The standard InChI is InChI=1S/C18H24N6O/c1-14-5-4-6-16(20-14)23-8-7-18(12-23)13-24(17(25)11-21(18)2)15-9-19-22(3)10-15/h4-6,9-10H,7-8,11-13H2,1-3H3/t18-/m0/s1. The molecule has 1 spiro atoms. The summed E-state index contributed by atoms with van der Waals surface area (Å²) in [6.45, 7) is 4.98. The summed E-state index contributed by atoms with van der Waals surface area (Å²) in [6.07, 6.45) is 4.70. The molecule has 7 nitrogen and oxygen atoms in total. The van der Waals surface area contributed by atoms with E-state index in [-0.39, 0.29) is 11.4 Å². The molecule has 2 aliphatic rings. The summed E-state index contributed by atoms with van der Waals surface area (Å²) in [6, 6.07) is 6.14. The molecule has 0 N–H and O–H groups in total. The fourth-order valence-electron chi connectivity index (χ4n) is 3.94. The van der Waals surface area contributed by atoms with E-state index in [1.54, 1.807) is 10.9 Å². The minimum absolute atomic E-state index is 0.0465. The van der Waals surface area contributed by atoms with Gasteiger partial charge >= 0.3 is 0 Å². The van der Waals surface area contributed by atoms with Crippen LogP contribution in [0.4, 0.5) is 11.5 Å². The van der Waals surface area contributed by atoms with Gasteiger partial charge in [0, 0.05) is 38.6 Å². The third-order valence-corrected chi connectivity index (χ3v) is 5.47. The molecular weight excluding hydrogens is 316 g/mol. The maximum Gasteiger partial charge on any atom is 0.241 e. The second-order valence-electron chi connectivity index (χ2n) is 7.24. The third kappa shape index (κ3) is 2.78. The van der Waals surface area contributed by atoms with E-state index in [2.05, 4.69) is 39.1 Å². The van der Waals surface area contributed by atoms with Gasteiger partial charge in [0.1, 0.15) is 5.82 Å². The van der Waals surface area contributed by atoms with Crippen LogP contribution in [0, 0.1) is 6.92 Å². The zero-order valence-corrected chi connectivity index (χ0v) is 15.0. The summed E-state index contributed by atoms with van der Waals surface area (Å²) < 4.78 is 1.74. The SMILES string of the molecule is Cc1cccc(N2CC[C@]3(C2)CN(c2cnn(C)c2)C(=O)CN3C)n1. The monoisotopic (exact) mass is 340 g/mol. The van der Waals surface area contributed by atoms with Crippen LogP contribution in [0.1, 0.15) is 12.1 Å². The van der Waals surface area contributed by atoms with Crippen molar-refractivity contribution in [3.05, 3.63) is 36.3 Å². The normalized spacial score (nSPS) is 24.5. The predicted molar refractivity (Wildman–Crippen MR) is 96.7 cm³/mol. The fourth-order valence-corrected chi connectivity index (χ4v) is 3.94. The molecular formula is C18H24N6O. The van der Waals surface area contributed by atoms with E-state index in [1.807, 2.05) is 31.1 Å². The highest BCUT2D eigenvalue weighted by atomic mass is 16.2. The summed E-state index contributed by atoms with van der Waals surface area (Å²) in [4.78, 5) is 23.7. The Hall–Kier alpha value is -2.41. The van der Waals surface area contributed by atoms with E-state index in [0.717, 1.165) is 36.7 Å². The van der Waals surface area contributed by atoms with E-state index < -0.39 is 0 Å². The number of anilines is 2. The molecule has 4 rings (SSSR count). The van der Waals surface area contributed by atoms with Gasteiger partial charge in [0.25, 0.3) is 0 Å². The molecule has 4 heterocycles. The molecule has 2 aliphatic heterocycles. The number of piperazine rings is 1. The topological polar surface area (TPSA) is 57.5 Å². The van der Waals surface area contributed by atoms with Gasteiger partial charge in [-0.15, -0.1) is 0 Å². The number of likely N-dealkylation sites (N-methyl/N-ethyl adjacent to an activating group) is 1. The number of hydrogen-bond acceptors (Lipinski definition) is 5. The van der Waals surface area contributed by atoms with Crippen molar-refractivity contribution in [3.8, 4) is 0 Å². The first-order valence-corrected chi connectivity index (χ1v) is 8.66. The van der Waals surface area contributed by atoms with E-state index in [0.29, 0.717) is 13.1 Å². The Bertz CT molecular complexity index is 802.